The van der Waals surface area contributed by atoms with Crippen molar-refractivity contribution in [3.63, 3.8) is 0 Å². The molecule has 3 aromatic heterocycles. The molecule has 0 aliphatic rings. The lowest BCUT2D eigenvalue weighted by atomic mass is 10.2. The van der Waals surface area contributed by atoms with E-state index in [0.717, 1.165) is 11.5 Å². The third-order valence-corrected chi connectivity index (χ3v) is 5.23. The van der Waals surface area contributed by atoms with E-state index in [4.69, 9.17) is 24.5 Å². The largest absolute Gasteiger partial charge is 0.482 e. The van der Waals surface area contributed by atoms with Crippen LogP contribution in [0.15, 0.2) is 58.2 Å². The zero-order chi connectivity index (χ0) is 27.2. The molecule has 0 radical (unpaired) electrons. The smallest absolute Gasteiger partial charge is 0.358 e. The van der Waals surface area contributed by atoms with Crippen LogP contribution in [0.5, 0.6) is 5.75 Å². The Morgan fingerprint density at radius 1 is 1.05 bits per heavy atom. The lowest BCUT2D eigenvalue weighted by molar-refractivity contribution is -0.145. The summed E-state index contributed by atoms with van der Waals surface area (Å²) in [5, 5.41) is 30.7. The van der Waals surface area contributed by atoms with Gasteiger partial charge in [0.2, 0.25) is 0 Å². The van der Waals surface area contributed by atoms with Crippen LogP contribution in [0.1, 0.15) is 38.3 Å². The van der Waals surface area contributed by atoms with Gasteiger partial charge in [-0.05, 0) is 42.7 Å². The van der Waals surface area contributed by atoms with E-state index in [0.29, 0.717) is 16.2 Å². The lowest BCUT2D eigenvalue weighted by Crippen LogP contribution is -2.14. The Hall–Kier alpha value is -4.63. The third-order valence-electron chi connectivity index (χ3n) is 3.87. The van der Waals surface area contributed by atoms with Crippen molar-refractivity contribution >= 4 is 46.7 Å². The first-order valence-electron chi connectivity index (χ1n) is 10.0. The van der Waals surface area contributed by atoms with Crippen LogP contribution in [-0.2, 0) is 9.53 Å². The second kappa shape index (κ2) is 14.7. The maximum Gasteiger partial charge on any atom is 0.358 e. The van der Waals surface area contributed by atoms with Crippen LogP contribution in [0.25, 0.3) is 10.4 Å². The van der Waals surface area contributed by atoms with Gasteiger partial charge in [0.25, 0.3) is 0 Å². The molecule has 1 aromatic carbocycles. The first-order chi connectivity index (χ1) is 17.7. The first kappa shape index (κ1) is 28.6. The fourth-order valence-electron chi connectivity index (χ4n) is 2.30. The Morgan fingerprint density at radius 3 is 2.38 bits per heavy atom. The van der Waals surface area contributed by atoms with Gasteiger partial charge in [0.05, 0.1) is 35.1 Å². The average molecular weight is 550 g/mol. The number of thiazole rings is 1. The molecule has 0 unspecified atom stereocenters. The molecule has 0 amide bonds. The molecule has 0 fully saturated rings. The first-order valence-corrected chi connectivity index (χ1v) is 11.8. The van der Waals surface area contributed by atoms with Crippen molar-refractivity contribution in [2.24, 2.45) is 0 Å². The topological polar surface area (TPSA) is 199 Å². The number of ether oxygens (including phenoxy) is 2. The van der Waals surface area contributed by atoms with Gasteiger partial charge in [0, 0.05) is 10.9 Å². The van der Waals surface area contributed by atoms with Crippen molar-refractivity contribution in [3.8, 4) is 16.2 Å². The Kier molecular flexibility index (Phi) is 11.4. The van der Waals surface area contributed by atoms with E-state index in [9.17, 15) is 19.2 Å². The maximum absolute atomic E-state index is 11.0. The highest BCUT2D eigenvalue weighted by Gasteiger charge is 2.17. The van der Waals surface area contributed by atoms with Gasteiger partial charge in [-0.2, -0.15) is 0 Å². The summed E-state index contributed by atoms with van der Waals surface area (Å²) in [6, 6.07) is 7.58. The Labute approximate surface area is 216 Å². The molecule has 194 valence electrons. The summed E-state index contributed by atoms with van der Waals surface area (Å²) in [5.74, 6) is -3.24. The Balaban J connectivity index is 0.000000205. The number of carboxylic acid groups (broad SMARTS) is 3. The highest BCUT2D eigenvalue weighted by Crippen LogP contribution is 2.26. The van der Waals surface area contributed by atoms with Crippen molar-refractivity contribution in [3.05, 3.63) is 70.7 Å². The van der Waals surface area contributed by atoms with E-state index in [1.807, 2.05) is 0 Å². The number of aromatic nitrogens is 3. The molecule has 4 aromatic rings. The number of carbonyl (C=O) groups excluding carboxylic acids is 1. The van der Waals surface area contributed by atoms with Crippen molar-refractivity contribution in [1.29, 1.82) is 0 Å². The highest BCUT2D eigenvalue weighted by atomic mass is 32.1. The summed E-state index contributed by atoms with van der Waals surface area (Å²) in [7, 11) is 0. The van der Waals surface area contributed by atoms with Crippen LogP contribution in [0.3, 0.4) is 0 Å². The number of aromatic carboxylic acids is 3. The Morgan fingerprint density at radius 2 is 1.84 bits per heavy atom. The predicted molar refractivity (Wildman–Crippen MR) is 129 cm³/mol. The molecule has 0 spiro atoms. The molecule has 0 aliphatic heterocycles. The van der Waals surface area contributed by atoms with Gasteiger partial charge < -0.3 is 29.2 Å². The molecule has 0 aliphatic carbocycles. The van der Waals surface area contributed by atoms with E-state index >= 15 is 0 Å². The molecule has 0 saturated carbocycles. The molecular weight excluding hydrogens is 530 g/mol. The normalized spacial score (nSPS) is 9.65. The summed E-state index contributed by atoms with van der Waals surface area (Å²) in [4.78, 5) is 46.3. The van der Waals surface area contributed by atoms with Crippen LogP contribution in [0.4, 0.5) is 0 Å². The molecule has 0 atom stereocenters. The SMILES string of the molecule is CCOC(=O)COc1cccc(C(=O)O)c1.O=C(O)c1cscn1.O=C(O)c1nnsc1-c1ccoc1. The number of hydrogen-bond acceptors (Lipinski definition) is 12. The average Bonchev–Trinajstić information content (AvgIpc) is 3.65. The van der Waals surface area contributed by atoms with Gasteiger partial charge >= 0.3 is 23.9 Å². The maximum atomic E-state index is 11.0. The molecule has 0 bridgehead atoms. The van der Waals surface area contributed by atoms with Gasteiger partial charge in [-0.3, -0.25) is 0 Å². The monoisotopic (exact) mass is 549 g/mol. The molecule has 4 rings (SSSR count). The van der Waals surface area contributed by atoms with Crippen LogP contribution >= 0.6 is 22.9 Å². The molecule has 0 saturated heterocycles. The number of furan rings is 1. The lowest BCUT2D eigenvalue weighted by Gasteiger charge is -2.05. The van der Waals surface area contributed by atoms with Gasteiger partial charge in [-0.1, -0.05) is 10.6 Å². The van der Waals surface area contributed by atoms with E-state index in [-0.39, 0.29) is 30.2 Å². The van der Waals surface area contributed by atoms with E-state index in [2.05, 4.69) is 19.3 Å². The van der Waals surface area contributed by atoms with Crippen molar-refractivity contribution in [1.82, 2.24) is 14.6 Å². The van der Waals surface area contributed by atoms with Gasteiger partial charge in [-0.25, -0.2) is 24.2 Å². The van der Waals surface area contributed by atoms with Crippen molar-refractivity contribution in [2.75, 3.05) is 13.2 Å². The minimum atomic E-state index is -1.08. The molecule has 3 heterocycles. The van der Waals surface area contributed by atoms with Gasteiger partial charge in [-0.15, -0.1) is 16.4 Å². The van der Waals surface area contributed by atoms with Crippen LogP contribution in [0.2, 0.25) is 0 Å². The fraction of sp³-hybridized carbons (Fsp3) is 0.136. The summed E-state index contributed by atoms with van der Waals surface area (Å²) in [6.07, 6.45) is 2.93. The minimum absolute atomic E-state index is 0.0357. The van der Waals surface area contributed by atoms with Crippen LogP contribution < -0.4 is 4.74 Å². The number of rotatable bonds is 8. The zero-order valence-electron chi connectivity index (χ0n) is 19.0. The van der Waals surface area contributed by atoms with Crippen LogP contribution in [-0.4, -0.2) is 67.0 Å². The number of esters is 1. The second-order valence-electron chi connectivity index (χ2n) is 6.37. The quantitative estimate of drug-likeness (QED) is 0.269. The summed E-state index contributed by atoms with van der Waals surface area (Å²) in [6.45, 7) is 1.76. The van der Waals surface area contributed by atoms with Crippen molar-refractivity contribution in [2.45, 2.75) is 6.92 Å². The number of carbonyl (C=O) groups is 4. The number of benzene rings is 1. The molecule has 15 heteroatoms. The number of carboxylic acids is 3. The minimum Gasteiger partial charge on any atom is -0.482 e. The summed E-state index contributed by atoms with van der Waals surface area (Å²) in [5.41, 5.74) is 2.37. The fourth-order valence-corrected chi connectivity index (χ4v) is 3.46. The van der Waals surface area contributed by atoms with Gasteiger partial charge in [0.1, 0.15) is 5.75 Å². The van der Waals surface area contributed by atoms with E-state index in [1.54, 1.807) is 25.1 Å². The third kappa shape index (κ3) is 9.50. The van der Waals surface area contributed by atoms with E-state index < -0.39 is 23.9 Å². The zero-order valence-corrected chi connectivity index (χ0v) is 20.6. The standard InChI is InChI=1S/C11H12O5.C7H4N2O3S.C4H3NO2S/c1-2-15-10(12)7-16-9-5-3-4-8(6-9)11(13)14;10-7(11)5-6(13-9-8-5)4-1-2-12-3-4;6-4(7)3-1-8-2-5-3/h3-6H,2,7H2,1H3,(H,13,14);1-3H,(H,10,11);1-2H,(H,6,7). The molecule has 13 nitrogen and oxygen atoms in total. The predicted octanol–water partition coefficient (Wildman–Crippen LogP) is 3.66. The van der Waals surface area contributed by atoms with Crippen molar-refractivity contribution < 1.29 is 48.4 Å². The molecule has 3 N–H and O–H groups in total. The van der Waals surface area contributed by atoms with Gasteiger partial charge in [0.15, 0.2) is 18.0 Å². The molecule has 37 heavy (non-hydrogen) atoms. The highest BCUT2D eigenvalue weighted by molar-refractivity contribution is 7.09. The van der Waals surface area contributed by atoms with E-state index in [1.165, 1.54) is 46.9 Å². The summed E-state index contributed by atoms with van der Waals surface area (Å²) < 4.78 is 18.1. The summed E-state index contributed by atoms with van der Waals surface area (Å²) >= 11 is 2.31. The molecular formula is C22H19N3O10S2. The number of hydrogen-bond donors (Lipinski definition) is 3. The Bertz CT molecular complexity index is 1300. The number of nitrogens with zero attached hydrogens (tertiary/aromatic N) is 3. The second-order valence-corrected chi connectivity index (χ2v) is 7.85. The van der Waals surface area contributed by atoms with Crippen LogP contribution in [0, 0.1) is 0 Å².